The first-order valence-corrected chi connectivity index (χ1v) is 11.3. The molecule has 7 heteroatoms. The lowest BCUT2D eigenvalue weighted by Crippen LogP contribution is -2.27. The maximum absolute atomic E-state index is 13.1. The van der Waals surface area contributed by atoms with E-state index in [1.165, 1.54) is 30.6 Å². The molecule has 3 aromatic carbocycles. The fourth-order valence-corrected chi connectivity index (χ4v) is 4.52. The highest BCUT2D eigenvalue weighted by Gasteiger charge is 2.23. The highest BCUT2D eigenvalue weighted by atomic mass is 32.2. The number of methoxy groups -OCH3 is 1. The van der Waals surface area contributed by atoms with Gasteiger partial charge in [-0.05, 0) is 66.9 Å². The molecular formula is C24H26N2O4S. The molecule has 0 aromatic heterocycles. The summed E-state index contributed by atoms with van der Waals surface area (Å²) >= 11 is 0. The van der Waals surface area contributed by atoms with Crippen molar-refractivity contribution in [2.24, 2.45) is 0 Å². The van der Waals surface area contributed by atoms with Crippen LogP contribution < -0.4 is 14.4 Å². The molecule has 1 amide bonds. The topological polar surface area (TPSA) is 75.7 Å². The first-order chi connectivity index (χ1) is 14.8. The van der Waals surface area contributed by atoms with Crippen LogP contribution in [-0.4, -0.2) is 28.5 Å². The summed E-state index contributed by atoms with van der Waals surface area (Å²) in [4.78, 5) is 13.0. The summed E-state index contributed by atoms with van der Waals surface area (Å²) in [5.74, 6) is 0.279. The van der Waals surface area contributed by atoms with E-state index < -0.39 is 10.0 Å². The number of hydrogen-bond donors (Lipinski definition) is 1. The Morgan fingerprint density at radius 1 is 1.03 bits per heavy atom. The zero-order valence-corrected chi connectivity index (χ0v) is 18.9. The number of aryl methyl sites for hydroxylation is 2. The van der Waals surface area contributed by atoms with Gasteiger partial charge in [0.2, 0.25) is 0 Å². The summed E-state index contributed by atoms with van der Waals surface area (Å²) in [5, 5.41) is 2.93. The Morgan fingerprint density at radius 2 is 1.71 bits per heavy atom. The normalized spacial score (nSPS) is 11.1. The third-order valence-corrected chi connectivity index (χ3v) is 6.96. The molecular weight excluding hydrogens is 412 g/mol. The summed E-state index contributed by atoms with van der Waals surface area (Å²) in [6, 6.07) is 18.8. The van der Waals surface area contributed by atoms with Gasteiger partial charge < -0.3 is 10.1 Å². The average Bonchev–Trinajstić information content (AvgIpc) is 2.79. The first kappa shape index (κ1) is 22.4. The van der Waals surface area contributed by atoms with Crippen molar-refractivity contribution in [3.05, 3.63) is 83.4 Å². The molecule has 31 heavy (non-hydrogen) atoms. The second-order valence-corrected chi connectivity index (χ2v) is 9.08. The van der Waals surface area contributed by atoms with Gasteiger partial charge in [-0.25, -0.2) is 8.42 Å². The molecule has 0 saturated carbocycles. The van der Waals surface area contributed by atoms with Crippen LogP contribution in [-0.2, 0) is 16.4 Å². The van der Waals surface area contributed by atoms with Crippen molar-refractivity contribution in [3.63, 3.8) is 0 Å². The number of rotatable bonds is 7. The predicted octanol–water partition coefficient (Wildman–Crippen LogP) is 4.64. The second-order valence-electron chi connectivity index (χ2n) is 7.11. The van der Waals surface area contributed by atoms with E-state index in [9.17, 15) is 13.2 Å². The second kappa shape index (κ2) is 9.22. The van der Waals surface area contributed by atoms with Gasteiger partial charge in [-0.3, -0.25) is 9.10 Å². The van der Waals surface area contributed by atoms with Gasteiger partial charge in [-0.2, -0.15) is 0 Å². The fourth-order valence-electron chi connectivity index (χ4n) is 3.27. The summed E-state index contributed by atoms with van der Waals surface area (Å²) in [6.45, 7) is 3.83. The fraction of sp³-hybridized carbons (Fsp3) is 0.208. The molecule has 0 fully saturated rings. The van der Waals surface area contributed by atoms with Gasteiger partial charge in [0.1, 0.15) is 5.75 Å². The Morgan fingerprint density at radius 3 is 2.35 bits per heavy atom. The number of carbonyl (C=O) groups excluding carboxylic acids is 1. The Balaban J connectivity index is 1.91. The summed E-state index contributed by atoms with van der Waals surface area (Å²) in [7, 11) is -0.801. The van der Waals surface area contributed by atoms with Crippen LogP contribution in [0.3, 0.4) is 0 Å². The number of amides is 1. The number of nitrogens with zero attached hydrogens (tertiary/aromatic N) is 1. The maximum Gasteiger partial charge on any atom is 0.264 e. The van der Waals surface area contributed by atoms with Gasteiger partial charge in [0.25, 0.3) is 15.9 Å². The number of carbonyl (C=O) groups is 1. The Hall–Kier alpha value is -3.32. The van der Waals surface area contributed by atoms with E-state index >= 15 is 0 Å². The molecule has 0 aliphatic rings. The van der Waals surface area contributed by atoms with Gasteiger partial charge >= 0.3 is 0 Å². The van der Waals surface area contributed by atoms with Crippen LogP contribution in [0.5, 0.6) is 5.75 Å². The van der Waals surface area contributed by atoms with Crippen LogP contribution in [0.2, 0.25) is 0 Å². The smallest absolute Gasteiger partial charge is 0.264 e. The van der Waals surface area contributed by atoms with E-state index in [1.807, 2.05) is 38.1 Å². The number of anilines is 2. The SMILES string of the molecule is CCc1ccccc1NC(=O)c1ccc(C)c(N(C)S(=O)(=O)c2ccc(OC)cc2)c1. The number of sulfonamides is 1. The van der Waals surface area contributed by atoms with Crippen molar-refractivity contribution in [3.8, 4) is 5.75 Å². The minimum absolute atomic E-state index is 0.141. The highest BCUT2D eigenvalue weighted by molar-refractivity contribution is 7.92. The minimum atomic E-state index is -3.81. The van der Waals surface area contributed by atoms with Crippen LogP contribution in [0.1, 0.15) is 28.4 Å². The van der Waals surface area contributed by atoms with Crippen LogP contribution in [0.15, 0.2) is 71.6 Å². The largest absolute Gasteiger partial charge is 0.497 e. The molecule has 0 radical (unpaired) electrons. The predicted molar refractivity (Wildman–Crippen MR) is 124 cm³/mol. The van der Waals surface area contributed by atoms with Gasteiger partial charge in [-0.1, -0.05) is 31.2 Å². The molecule has 0 aliphatic carbocycles. The monoisotopic (exact) mass is 438 g/mol. The van der Waals surface area contributed by atoms with Gasteiger partial charge in [-0.15, -0.1) is 0 Å². The van der Waals surface area contributed by atoms with Crippen molar-refractivity contribution < 1.29 is 17.9 Å². The molecule has 0 saturated heterocycles. The highest BCUT2D eigenvalue weighted by Crippen LogP contribution is 2.28. The molecule has 3 rings (SSSR count). The van der Waals surface area contributed by atoms with E-state index in [-0.39, 0.29) is 10.8 Å². The minimum Gasteiger partial charge on any atom is -0.497 e. The summed E-state index contributed by atoms with van der Waals surface area (Å²) in [5.41, 5.74) is 3.33. The van der Waals surface area contributed by atoms with Crippen LogP contribution in [0.25, 0.3) is 0 Å². The van der Waals surface area contributed by atoms with Gasteiger partial charge in [0.15, 0.2) is 0 Å². The van der Waals surface area contributed by atoms with Crippen LogP contribution in [0, 0.1) is 6.92 Å². The number of hydrogen-bond acceptors (Lipinski definition) is 4. The first-order valence-electron chi connectivity index (χ1n) is 9.90. The molecule has 0 unspecified atom stereocenters. The third-order valence-electron chi connectivity index (χ3n) is 5.17. The maximum atomic E-state index is 13.1. The Labute approximate surface area is 183 Å². The lowest BCUT2D eigenvalue weighted by Gasteiger charge is -2.22. The van der Waals surface area contributed by atoms with Crippen molar-refractivity contribution in [2.45, 2.75) is 25.2 Å². The van der Waals surface area contributed by atoms with Crippen LogP contribution in [0.4, 0.5) is 11.4 Å². The summed E-state index contributed by atoms with van der Waals surface area (Å²) in [6.07, 6.45) is 0.790. The Bertz CT molecular complexity index is 1190. The molecule has 0 aliphatic heterocycles. The third kappa shape index (κ3) is 4.72. The van der Waals surface area contributed by atoms with Crippen molar-refractivity contribution in [2.75, 3.05) is 23.8 Å². The van der Waals surface area contributed by atoms with Crippen LogP contribution >= 0.6 is 0 Å². The molecule has 0 bridgehead atoms. The van der Waals surface area contributed by atoms with E-state index in [2.05, 4.69) is 5.32 Å². The van der Waals surface area contributed by atoms with Crippen molar-refractivity contribution in [1.29, 1.82) is 0 Å². The zero-order chi connectivity index (χ0) is 22.6. The molecule has 0 heterocycles. The van der Waals surface area contributed by atoms with E-state index in [0.29, 0.717) is 17.0 Å². The lowest BCUT2D eigenvalue weighted by atomic mass is 10.1. The summed E-state index contributed by atoms with van der Waals surface area (Å²) < 4.78 is 32.5. The van der Waals surface area contributed by atoms with E-state index in [0.717, 1.165) is 23.2 Å². The molecule has 3 aromatic rings. The number of nitrogens with one attached hydrogen (secondary N) is 1. The standard InChI is InChI=1S/C24H26N2O4S/c1-5-18-8-6-7-9-22(18)25-24(27)19-11-10-17(2)23(16-19)26(3)31(28,29)21-14-12-20(30-4)13-15-21/h6-16H,5H2,1-4H3,(H,25,27). The Kier molecular flexibility index (Phi) is 6.65. The molecule has 6 nitrogen and oxygen atoms in total. The lowest BCUT2D eigenvalue weighted by molar-refractivity contribution is 0.102. The molecule has 1 N–H and O–H groups in total. The van der Waals surface area contributed by atoms with Gasteiger partial charge in [0, 0.05) is 18.3 Å². The van der Waals surface area contributed by atoms with Crippen molar-refractivity contribution >= 4 is 27.3 Å². The molecule has 0 spiro atoms. The quantitative estimate of drug-likeness (QED) is 0.583. The molecule has 0 atom stereocenters. The zero-order valence-electron chi connectivity index (χ0n) is 18.0. The average molecular weight is 439 g/mol. The van der Waals surface area contributed by atoms with E-state index in [4.69, 9.17) is 4.74 Å². The number of ether oxygens (including phenoxy) is 1. The number of benzene rings is 3. The molecule has 162 valence electrons. The van der Waals surface area contributed by atoms with E-state index in [1.54, 1.807) is 30.3 Å². The van der Waals surface area contributed by atoms with Crippen molar-refractivity contribution in [1.82, 2.24) is 0 Å². The number of para-hydroxylation sites is 1. The van der Waals surface area contributed by atoms with Gasteiger partial charge in [0.05, 0.1) is 17.7 Å².